The quantitative estimate of drug-likeness (QED) is 0.119. The standard InChI is InChI=1S/C24H28ClN3O2S/c25-20-7-2-1-6-18(20)14-28-13-17-5-3-4-16(12-17)10-11-27-15-22(30)19-8-9-21(29)23(26)24(19)31/h1-9,12,22,27-31H,10-11,13-15,26H2. The molecule has 5 nitrogen and oxygen atoms in total. The van der Waals surface area contributed by atoms with Crippen molar-refractivity contribution in [2.24, 2.45) is 0 Å². The van der Waals surface area contributed by atoms with Gasteiger partial charge in [0.2, 0.25) is 0 Å². The second kappa shape index (κ2) is 11.4. The molecule has 0 aliphatic heterocycles. The number of aliphatic hydroxyl groups excluding tert-OH is 1. The van der Waals surface area contributed by atoms with Crippen LogP contribution in [0.15, 0.2) is 65.6 Å². The molecule has 0 heterocycles. The Hall–Kier alpha value is -2.22. The number of benzene rings is 3. The molecule has 1 unspecified atom stereocenters. The van der Waals surface area contributed by atoms with E-state index in [4.69, 9.17) is 17.3 Å². The summed E-state index contributed by atoms with van der Waals surface area (Å²) in [5.41, 5.74) is 10.1. The van der Waals surface area contributed by atoms with Gasteiger partial charge in [0.25, 0.3) is 0 Å². The lowest BCUT2D eigenvalue weighted by Crippen LogP contribution is -2.24. The van der Waals surface area contributed by atoms with Crippen molar-refractivity contribution in [2.45, 2.75) is 30.5 Å². The average Bonchev–Trinajstić information content (AvgIpc) is 2.77. The number of nitrogens with two attached hydrogens (primary N) is 1. The van der Waals surface area contributed by atoms with Crippen molar-refractivity contribution >= 4 is 29.9 Å². The lowest BCUT2D eigenvalue weighted by atomic mass is 10.1. The van der Waals surface area contributed by atoms with Gasteiger partial charge in [0, 0.05) is 29.6 Å². The summed E-state index contributed by atoms with van der Waals surface area (Å²) in [5, 5.41) is 27.5. The highest BCUT2D eigenvalue weighted by atomic mass is 35.5. The lowest BCUT2D eigenvalue weighted by molar-refractivity contribution is 0.172. The van der Waals surface area contributed by atoms with Gasteiger partial charge in [0.05, 0.1) is 11.8 Å². The fourth-order valence-electron chi connectivity index (χ4n) is 3.34. The van der Waals surface area contributed by atoms with Crippen LogP contribution in [0.25, 0.3) is 0 Å². The maximum Gasteiger partial charge on any atom is 0.139 e. The van der Waals surface area contributed by atoms with Crippen LogP contribution in [0.3, 0.4) is 0 Å². The highest BCUT2D eigenvalue weighted by molar-refractivity contribution is 7.80. The molecular weight excluding hydrogens is 430 g/mol. The van der Waals surface area contributed by atoms with Crippen molar-refractivity contribution in [2.75, 3.05) is 18.8 Å². The van der Waals surface area contributed by atoms with Crippen LogP contribution in [-0.4, -0.2) is 23.3 Å². The predicted molar refractivity (Wildman–Crippen MR) is 130 cm³/mol. The Labute approximate surface area is 193 Å². The molecule has 0 radical (unpaired) electrons. The van der Waals surface area contributed by atoms with Gasteiger partial charge in [0.1, 0.15) is 5.75 Å². The highest BCUT2D eigenvalue weighted by Crippen LogP contribution is 2.33. The molecule has 6 N–H and O–H groups in total. The maximum atomic E-state index is 10.4. The summed E-state index contributed by atoms with van der Waals surface area (Å²) in [6.45, 7) is 2.58. The zero-order chi connectivity index (χ0) is 22.2. The minimum Gasteiger partial charge on any atom is -0.506 e. The van der Waals surface area contributed by atoms with E-state index in [1.165, 1.54) is 17.2 Å². The van der Waals surface area contributed by atoms with Crippen LogP contribution in [0.2, 0.25) is 5.02 Å². The third kappa shape index (κ3) is 6.63. The third-order valence-electron chi connectivity index (χ3n) is 5.11. The van der Waals surface area contributed by atoms with Crippen molar-refractivity contribution in [3.05, 3.63) is 87.9 Å². The van der Waals surface area contributed by atoms with Gasteiger partial charge in [-0.05, 0) is 47.4 Å². The van der Waals surface area contributed by atoms with E-state index in [0.29, 0.717) is 17.0 Å². The van der Waals surface area contributed by atoms with Crippen molar-refractivity contribution in [3.8, 4) is 5.75 Å². The summed E-state index contributed by atoms with van der Waals surface area (Å²) >= 11 is 10.5. The van der Waals surface area contributed by atoms with Crippen LogP contribution in [-0.2, 0) is 19.5 Å². The van der Waals surface area contributed by atoms with Crippen LogP contribution in [0, 0.1) is 0 Å². The van der Waals surface area contributed by atoms with Crippen molar-refractivity contribution < 1.29 is 10.2 Å². The van der Waals surface area contributed by atoms with Crippen LogP contribution in [0.4, 0.5) is 5.69 Å². The number of nitrogen functional groups attached to an aromatic ring is 1. The molecule has 3 aromatic carbocycles. The van der Waals surface area contributed by atoms with E-state index in [9.17, 15) is 10.2 Å². The van der Waals surface area contributed by atoms with Gasteiger partial charge < -0.3 is 26.6 Å². The number of nitrogens with one attached hydrogen (secondary N) is 2. The zero-order valence-corrected chi connectivity index (χ0v) is 18.8. The molecule has 3 rings (SSSR count). The third-order valence-corrected chi connectivity index (χ3v) is 5.97. The molecule has 0 saturated heterocycles. The van der Waals surface area contributed by atoms with Gasteiger partial charge in [-0.3, -0.25) is 0 Å². The monoisotopic (exact) mass is 457 g/mol. The van der Waals surface area contributed by atoms with Gasteiger partial charge in [-0.1, -0.05) is 60.1 Å². The number of halogens is 1. The minimum atomic E-state index is -0.754. The molecule has 0 aliphatic rings. The van der Waals surface area contributed by atoms with Crippen molar-refractivity contribution in [3.63, 3.8) is 0 Å². The fraction of sp³-hybridized carbons (Fsp3) is 0.250. The Bertz CT molecular complexity index is 1020. The summed E-state index contributed by atoms with van der Waals surface area (Å²) in [6, 6.07) is 19.4. The summed E-state index contributed by atoms with van der Waals surface area (Å²) in [6.07, 6.45) is 0.0898. The van der Waals surface area contributed by atoms with Crippen molar-refractivity contribution in [1.82, 2.24) is 10.6 Å². The predicted octanol–water partition coefficient (Wildman–Crippen LogP) is 4.07. The lowest BCUT2D eigenvalue weighted by Gasteiger charge is -2.16. The number of phenolic OH excluding ortho intramolecular Hbond substituents is 1. The molecule has 3 aromatic rings. The van der Waals surface area contributed by atoms with E-state index in [1.807, 2.05) is 24.3 Å². The van der Waals surface area contributed by atoms with E-state index < -0.39 is 6.10 Å². The van der Waals surface area contributed by atoms with Gasteiger partial charge >= 0.3 is 0 Å². The first-order valence-corrected chi connectivity index (χ1v) is 11.0. The fourth-order valence-corrected chi connectivity index (χ4v) is 3.88. The topological polar surface area (TPSA) is 90.5 Å². The summed E-state index contributed by atoms with van der Waals surface area (Å²) in [7, 11) is 0. The molecule has 0 bridgehead atoms. The van der Waals surface area contributed by atoms with Crippen molar-refractivity contribution in [1.29, 1.82) is 0 Å². The zero-order valence-electron chi connectivity index (χ0n) is 17.2. The van der Waals surface area contributed by atoms with Gasteiger partial charge in [-0.15, -0.1) is 12.6 Å². The molecule has 0 amide bonds. The van der Waals surface area contributed by atoms with E-state index in [0.717, 1.165) is 36.6 Å². The van der Waals surface area contributed by atoms with Gasteiger partial charge in [-0.25, -0.2) is 0 Å². The van der Waals surface area contributed by atoms with E-state index in [-0.39, 0.29) is 11.4 Å². The first-order valence-electron chi connectivity index (χ1n) is 10.2. The second-order valence-electron chi connectivity index (χ2n) is 7.42. The SMILES string of the molecule is Nc1c(O)ccc(C(O)CNCCc2cccc(CNCc3ccccc3Cl)c2)c1S. The molecule has 0 aromatic heterocycles. The first-order chi connectivity index (χ1) is 15.0. The van der Waals surface area contributed by atoms with E-state index in [2.05, 4.69) is 47.5 Å². The molecule has 31 heavy (non-hydrogen) atoms. The second-order valence-corrected chi connectivity index (χ2v) is 8.28. The van der Waals surface area contributed by atoms with Gasteiger partial charge in [0.15, 0.2) is 0 Å². The molecule has 0 fully saturated rings. The Morgan fingerprint density at radius 2 is 1.74 bits per heavy atom. The van der Waals surface area contributed by atoms with Gasteiger partial charge in [-0.2, -0.15) is 0 Å². The summed E-state index contributed by atoms with van der Waals surface area (Å²) < 4.78 is 0. The Morgan fingerprint density at radius 3 is 2.55 bits per heavy atom. The number of phenols is 1. The Kier molecular flexibility index (Phi) is 8.63. The Morgan fingerprint density at radius 1 is 0.968 bits per heavy atom. The normalized spacial score (nSPS) is 12.1. The molecule has 0 aliphatic carbocycles. The molecule has 1 atom stereocenters. The number of hydrogen-bond acceptors (Lipinski definition) is 6. The van der Waals surface area contributed by atoms with Crippen LogP contribution in [0.1, 0.15) is 28.4 Å². The number of rotatable bonds is 10. The average molecular weight is 458 g/mol. The largest absolute Gasteiger partial charge is 0.506 e. The van der Waals surface area contributed by atoms with Crippen LogP contribution >= 0.6 is 24.2 Å². The first kappa shape index (κ1) is 23.4. The highest BCUT2D eigenvalue weighted by Gasteiger charge is 2.14. The summed E-state index contributed by atoms with van der Waals surface area (Å²) in [5.74, 6) is -0.0323. The molecular formula is C24H28ClN3O2S. The molecule has 7 heteroatoms. The number of aromatic hydroxyl groups is 1. The Balaban J connectivity index is 1.44. The minimum absolute atomic E-state index is 0.0323. The van der Waals surface area contributed by atoms with E-state index >= 15 is 0 Å². The maximum absolute atomic E-state index is 10.4. The molecule has 0 saturated carbocycles. The number of hydrogen-bond donors (Lipinski definition) is 6. The molecule has 164 valence electrons. The number of aliphatic hydroxyl groups is 1. The number of anilines is 1. The van der Waals surface area contributed by atoms with Crippen LogP contribution in [0.5, 0.6) is 5.75 Å². The molecule has 0 spiro atoms. The van der Waals surface area contributed by atoms with E-state index in [1.54, 1.807) is 6.07 Å². The summed E-state index contributed by atoms with van der Waals surface area (Å²) in [4.78, 5) is 0.409. The number of thiol groups is 1. The van der Waals surface area contributed by atoms with Crippen LogP contribution < -0.4 is 16.4 Å². The smallest absolute Gasteiger partial charge is 0.139 e.